The van der Waals surface area contributed by atoms with E-state index in [9.17, 15) is 20.2 Å². The van der Waals surface area contributed by atoms with Gasteiger partial charge in [-0.3, -0.25) is 14.9 Å². The zero-order chi connectivity index (χ0) is 17.0. The van der Waals surface area contributed by atoms with Gasteiger partial charge in [-0.05, 0) is 17.7 Å². The number of allylic oxidation sites excluding steroid dienone is 1. The summed E-state index contributed by atoms with van der Waals surface area (Å²) in [7, 11) is 0. The summed E-state index contributed by atoms with van der Waals surface area (Å²) in [6, 6.07) is 11.8. The lowest BCUT2D eigenvalue weighted by atomic mass is 10.0. The lowest BCUT2D eigenvalue weighted by Gasteiger charge is -2.03. The smallest absolute Gasteiger partial charge is 0.270 e. The van der Waals surface area contributed by atoms with Crippen molar-refractivity contribution in [3.63, 3.8) is 0 Å². The van der Waals surface area contributed by atoms with Crippen LogP contribution in [0.3, 0.4) is 0 Å². The zero-order valence-corrected chi connectivity index (χ0v) is 13.0. The molecule has 0 atom stereocenters. The minimum atomic E-state index is -0.632. The van der Waals surface area contributed by atoms with Crippen LogP contribution in [0.4, 0.5) is 5.69 Å². The molecule has 0 fully saturated rings. The lowest BCUT2D eigenvalue weighted by Crippen LogP contribution is -2.03. The highest BCUT2D eigenvalue weighted by Gasteiger charge is 2.16. The van der Waals surface area contributed by atoms with E-state index in [2.05, 4.69) is 0 Å². The van der Waals surface area contributed by atoms with E-state index in [1.54, 1.807) is 24.3 Å². The van der Waals surface area contributed by atoms with Gasteiger partial charge in [0.2, 0.25) is 5.78 Å². The summed E-state index contributed by atoms with van der Waals surface area (Å²) in [5, 5.41) is 20.5. The fraction of sp³-hybridized carbons (Fsp3) is 0. The summed E-state index contributed by atoms with van der Waals surface area (Å²) in [6.45, 7) is 0. The standard InChI is InChI=1S/C16H8Cl2N2O3/c17-14-6-2-3-10(15(14)18)7-12(9-19)16(21)11-4-1-5-13(8-11)20(22)23/h1-8H/b12-7+. The number of hydrogen-bond donors (Lipinski definition) is 0. The van der Waals surface area contributed by atoms with Gasteiger partial charge in [0.25, 0.3) is 5.69 Å². The molecule has 0 saturated carbocycles. The summed E-state index contributed by atoms with van der Waals surface area (Å²) in [5.41, 5.74) is 0.0308. The van der Waals surface area contributed by atoms with Crippen molar-refractivity contribution in [1.82, 2.24) is 0 Å². The molecule has 0 N–H and O–H groups in total. The Morgan fingerprint density at radius 2 is 1.91 bits per heavy atom. The molecule has 0 aliphatic carbocycles. The first-order valence-corrected chi connectivity index (χ1v) is 7.04. The van der Waals surface area contributed by atoms with E-state index in [4.69, 9.17) is 23.2 Å². The van der Waals surface area contributed by atoms with Crippen molar-refractivity contribution in [3.8, 4) is 6.07 Å². The second kappa shape index (κ2) is 7.05. The molecule has 0 aliphatic rings. The van der Waals surface area contributed by atoms with Crippen LogP contribution >= 0.6 is 23.2 Å². The van der Waals surface area contributed by atoms with Crippen LogP contribution in [0.5, 0.6) is 0 Å². The Labute approximate surface area is 141 Å². The van der Waals surface area contributed by atoms with Gasteiger partial charge < -0.3 is 0 Å². The fourth-order valence-corrected chi connectivity index (χ4v) is 2.21. The zero-order valence-electron chi connectivity index (χ0n) is 11.5. The number of nitrogens with zero attached hydrogens (tertiary/aromatic N) is 2. The molecule has 0 aliphatic heterocycles. The van der Waals surface area contributed by atoms with Gasteiger partial charge >= 0.3 is 0 Å². The van der Waals surface area contributed by atoms with Crippen molar-refractivity contribution in [2.45, 2.75) is 0 Å². The maximum absolute atomic E-state index is 12.4. The van der Waals surface area contributed by atoms with E-state index in [1.165, 1.54) is 24.3 Å². The Kier molecular flexibility index (Phi) is 5.12. The van der Waals surface area contributed by atoms with Crippen LogP contribution in [0.15, 0.2) is 48.0 Å². The molecule has 5 nitrogen and oxygen atoms in total. The summed E-state index contributed by atoms with van der Waals surface area (Å²) in [4.78, 5) is 22.5. The average Bonchev–Trinajstić information content (AvgIpc) is 2.55. The monoisotopic (exact) mass is 346 g/mol. The van der Waals surface area contributed by atoms with Gasteiger partial charge in [0.15, 0.2) is 0 Å². The predicted octanol–water partition coefficient (Wildman–Crippen LogP) is 4.69. The molecule has 0 bridgehead atoms. The molecule has 114 valence electrons. The first kappa shape index (κ1) is 16.7. The summed E-state index contributed by atoms with van der Waals surface area (Å²) >= 11 is 11.9. The van der Waals surface area contributed by atoms with Gasteiger partial charge in [-0.1, -0.05) is 47.5 Å². The summed E-state index contributed by atoms with van der Waals surface area (Å²) < 4.78 is 0. The number of nitro benzene ring substituents is 1. The number of rotatable bonds is 4. The van der Waals surface area contributed by atoms with E-state index >= 15 is 0 Å². The number of nitro groups is 1. The highest BCUT2D eigenvalue weighted by molar-refractivity contribution is 6.43. The van der Waals surface area contributed by atoms with Crippen LogP contribution in [0.1, 0.15) is 15.9 Å². The van der Waals surface area contributed by atoms with Crippen molar-refractivity contribution in [2.75, 3.05) is 0 Å². The molecule has 2 aromatic carbocycles. The van der Waals surface area contributed by atoms with Gasteiger partial charge in [-0.15, -0.1) is 0 Å². The highest BCUT2D eigenvalue weighted by atomic mass is 35.5. The Morgan fingerprint density at radius 1 is 1.22 bits per heavy atom. The molecular weight excluding hydrogens is 339 g/mol. The SMILES string of the molecule is N#C/C(=C\c1cccc(Cl)c1Cl)C(=O)c1cccc([N+](=O)[O-])c1. The maximum atomic E-state index is 12.4. The first-order valence-electron chi connectivity index (χ1n) is 6.29. The van der Waals surface area contributed by atoms with Crippen LogP contribution < -0.4 is 0 Å². The quantitative estimate of drug-likeness (QED) is 0.264. The Morgan fingerprint density at radius 3 is 2.57 bits per heavy atom. The third-order valence-electron chi connectivity index (χ3n) is 2.97. The van der Waals surface area contributed by atoms with E-state index < -0.39 is 10.7 Å². The number of nitriles is 1. The second-order valence-corrected chi connectivity index (χ2v) is 5.23. The second-order valence-electron chi connectivity index (χ2n) is 4.45. The summed E-state index contributed by atoms with van der Waals surface area (Å²) in [6.07, 6.45) is 1.30. The molecule has 0 amide bonds. The Hall–Kier alpha value is -2.68. The molecule has 0 spiro atoms. The number of benzene rings is 2. The molecule has 0 saturated heterocycles. The molecule has 0 aromatic heterocycles. The van der Waals surface area contributed by atoms with Crippen molar-refractivity contribution in [3.05, 3.63) is 79.3 Å². The molecule has 7 heteroatoms. The number of carbonyl (C=O) groups excluding carboxylic acids is 1. The van der Waals surface area contributed by atoms with Gasteiger partial charge in [0.1, 0.15) is 11.6 Å². The van der Waals surface area contributed by atoms with Crippen molar-refractivity contribution >= 4 is 40.7 Å². The Balaban J connectivity index is 2.45. The first-order chi connectivity index (χ1) is 10.9. The third kappa shape index (κ3) is 3.75. The number of ketones is 1. The Bertz CT molecular complexity index is 870. The van der Waals surface area contributed by atoms with Crippen molar-refractivity contribution < 1.29 is 9.72 Å². The largest absolute Gasteiger partial charge is 0.288 e. The molecule has 0 unspecified atom stereocenters. The number of non-ortho nitro benzene ring substituents is 1. The molecule has 2 aromatic rings. The van der Waals surface area contributed by atoms with E-state index in [0.717, 1.165) is 6.07 Å². The average molecular weight is 347 g/mol. The minimum Gasteiger partial charge on any atom is -0.288 e. The number of carbonyl (C=O) groups is 1. The van der Waals surface area contributed by atoms with E-state index in [-0.39, 0.29) is 21.8 Å². The van der Waals surface area contributed by atoms with Crippen LogP contribution in [0, 0.1) is 21.4 Å². The van der Waals surface area contributed by atoms with Crippen LogP contribution in [0.25, 0.3) is 6.08 Å². The number of halogens is 2. The third-order valence-corrected chi connectivity index (χ3v) is 3.80. The predicted molar refractivity (Wildman–Crippen MR) is 87.5 cm³/mol. The number of hydrogen-bond acceptors (Lipinski definition) is 4. The molecule has 23 heavy (non-hydrogen) atoms. The van der Waals surface area contributed by atoms with Gasteiger partial charge in [-0.2, -0.15) is 5.26 Å². The van der Waals surface area contributed by atoms with Gasteiger partial charge in [0, 0.05) is 17.7 Å². The minimum absolute atomic E-state index is 0.0464. The topological polar surface area (TPSA) is 84.0 Å². The highest BCUT2D eigenvalue weighted by Crippen LogP contribution is 2.28. The van der Waals surface area contributed by atoms with E-state index in [1.807, 2.05) is 0 Å². The summed E-state index contributed by atoms with van der Waals surface area (Å²) in [5.74, 6) is -0.632. The van der Waals surface area contributed by atoms with Crippen LogP contribution in [-0.4, -0.2) is 10.7 Å². The van der Waals surface area contributed by atoms with Crippen LogP contribution in [-0.2, 0) is 0 Å². The van der Waals surface area contributed by atoms with Gasteiger partial charge in [-0.25, -0.2) is 0 Å². The molecule has 0 radical (unpaired) electrons. The molecule has 2 rings (SSSR count). The van der Waals surface area contributed by atoms with Crippen molar-refractivity contribution in [1.29, 1.82) is 5.26 Å². The number of Topliss-reactive ketones (excluding diaryl/α,β-unsaturated/α-hetero) is 1. The fourth-order valence-electron chi connectivity index (χ4n) is 1.85. The normalized spacial score (nSPS) is 10.9. The van der Waals surface area contributed by atoms with Crippen molar-refractivity contribution in [2.24, 2.45) is 0 Å². The molecular formula is C16H8Cl2N2O3. The molecule has 0 heterocycles. The van der Waals surface area contributed by atoms with Gasteiger partial charge in [0.05, 0.1) is 15.0 Å². The van der Waals surface area contributed by atoms with E-state index in [0.29, 0.717) is 10.6 Å². The maximum Gasteiger partial charge on any atom is 0.270 e. The van der Waals surface area contributed by atoms with Crippen LogP contribution in [0.2, 0.25) is 10.0 Å². The lowest BCUT2D eigenvalue weighted by molar-refractivity contribution is -0.384.